The molecule has 40 heavy (non-hydrogen) atoms. The van der Waals surface area contributed by atoms with Gasteiger partial charge in [0.2, 0.25) is 0 Å². The molecule has 3 rings (SSSR count). The highest BCUT2D eigenvalue weighted by Gasteiger charge is 2.60. The second-order valence-corrected chi connectivity index (χ2v) is 9.89. The van der Waals surface area contributed by atoms with Crippen molar-refractivity contribution in [3.63, 3.8) is 0 Å². The van der Waals surface area contributed by atoms with E-state index in [2.05, 4.69) is 15.3 Å². The lowest BCUT2D eigenvalue weighted by atomic mass is 9.81. The molecule has 12 unspecified atom stereocenters. The van der Waals surface area contributed by atoms with E-state index in [1.807, 2.05) is 0 Å². The Kier molecular flexibility index (Phi) is 10.2. The number of aliphatic hydroxyl groups excluding tert-OH is 6. The fraction of sp³-hybridized carbons (Fsp3) is 0.857. The van der Waals surface area contributed by atoms with Gasteiger partial charge in [0.05, 0.1) is 18.8 Å². The van der Waals surface area contributed by atoms with Gasteiger partial charge in [-0.25, -0.2) is 9.98 Å². The molecular formula is C21H39N7O12. The first-order valence-electron chi connectivity index (χ1n) is 12.4. The zero-order valence-corrected chi connectivity index (χ0v) is 21.7. The molecule has 3 fully saturated rings. The molecule has 16 N–H and O–H groups in total. The molecule has 2 saturated heterocycles. The van der Waals surface area contributed by atoms with Gasteiger partial charge < -0.3 is 82.9 Å². The summed E-state index contributed by atoms with van der Waals surface area (Å²) < 4.78 is 22.9. The van der Waals surface area contributed by atoms with Crippen molar-refractivity contribution < 1.29 is 59.5 Å². The molecule has 0 aromatic carbocycles. The summed E-state index contributed by atoms with van der Waals surface area (Å²) >= 11 is 0. The Morgan fingerprint density at radius 2 is 1.50 bits per heavy atom. The first kappa shape index (κ1) is 32.2. The molecule has 0 radical (unpaired) electrons. The second kappa shape index (κ2) is 12.7. The van der Waals surface area contributed by atoms with Crippen LogP contribution in [0.3, 0.4) is 0 Å². The number of ether oxygens (including phenoxy) is 4. The maximum atomic E-state index is 12.1. The molecule has 0 aromatic heterocycles. The Hall–Kier alpha value is -2.27. The summed E-state index contributed by atoms with van der Waals surface area (Å²) in [7, 11) is 1.42. The van der Waals surface area contributed by atoms with Crippen LogP contribution in [0.4, 0.5) is 0 Å². The van der Waals surface area contributed by atoms with Gasteiger partial charge in [-0.3, -0.25) is 4.79 Å². The summed E-state index contributed by atoms with van der Waals surface area (Å²) in [6.07, 6.45) is -17.3. The van der Waals surface area contributed by atoms with E-state index < -0.39 is 110 Å². The largest absolute Gasteiger partial charge is 0.394 e. The van der Waals surface area contributed by atoms with Gasteiger partial charge in [0, 0.05) is 0 Å². The Morgan fingerprint density at radius 1 is 0.900 bits per heavy atom. The molecule has 0 amide bonds. The molecule has 230 valence electrons. The van der Waals surface area contributed by atoms with E-state index in [-0.39, 0.29) is 6.29 Å². The molecule has 3 aliphatic rings. The SMILES string of the molecule is CNC1C(O[C@@H]2[C@H](OC3C(O)C(O)C(N=C(N)N)C(O)C3N=C(N)N)O[C@@H](C)C2(O)C=O)OC(CO)C(O)C1O. The highest BCUT2D eigenvalue weighted by molar-refractivity contribution is 5.76. The monoisotopic (exact) mass is 581 g/mol. The maximum Gasteiger partial charge on any atom is 0.188 e. The second-order valence-electron chi connectivity index (χ2n) is 9.89. The first-order valence-corrected chi connectivity index (χ1v) is 12.4. The van der Waals surface area contributed by atoms with E-state index in [1.165, 1.54) is 14.0 Å². The van der Waals surface area contributed by atoms with Crippen LogP contribution in [-0.4, -0.2) is 159 Å². The van der Waals surface area contributed by atoms with Crippen molar-refractivity contribution in [2.24, 2.45) is 32.9 Å². The van der Waals surface area contributed by atoms with Gasteiger partial charge in [-0.05, 0) is 14.0 Å². The predicted molar refractivity (Wildman–Crippen MR) is 133 cm³/mol. The van der Waals surface area contributed by atoms with E-state index in [1.54, 1.807) is 0 Å². The molecule has 2 heterocycles. The Labute approximate surface area is 228 Å². The molecule has 19 nitrogen and oxygen atoms in total. The number of nitrogens with one attached hydrogen (secondary N) is 1. The average molecular weight is 582 g/mol. The van der Waals surface area contributed by atoms with Crippen LogP contribution in [-0.2, 0) is 23.7 Å². The standard InChI is InChI=1S/C21H39N7O12/c1-5-21(36,4-30)16(40-17-9(26-2)13(34)10(31)6(3-29)38-17)18(37-5)39-15-8(28-20(24)25)11(32)7(27-19(22)23)12(33)14(15)35/h4-18,26,29,31-36H,3H2,1-2H3,(H4,22,23,27)(H4,24,25,28)/t5-,6?,7?,8?,9?,10?,11?,12?,13?,14?,15?,16+,17?,18-,21?/m0/s1. The summed E-state index contributed by atoms with van der Waals surface area (Å²) in [5.74, 6) is -1.03. The van der Waals surface area contributed by atoms with Gasteiger partial charge in [-0.15, -0.1) is 0 Å². The smallest absolute Gasteiger partial charge is 0.188 e. The van der Waals surface area contributed by atoms with Crippen molar-refractivity contribution in [2.45, 2.75) is 98.2 Å². The lowest BCUT2D eigenvalue weighted by Gasteiger charge is -2.45. The van der Waals surface area contributed by atoms with Gasteiger partial charge in [-0.1, -0.05) is 0 Å². The minimum absolute atomic E-state index is 0.140. The highest BCUT2D eigenvalue weighted by atomic mass is 16.8. The van der Waals surface area contributed by atoms with Crippen molar-refractivity contribution >= 4 is 18.2 Å². The zero-order chi connectivity index (χ0) is 30.1. The number of carbonyl (C=O) groups excluding carboxylic acids is 1. The lowest BCUT2D eigenvalue weighted by molar-refractivity contribution is -0.314. The highest BCUT2D eigenvalue weighted by Crippen LogP contribution is 2.38. The van der Waals surface area contributed by atoms with Gasteiger partial charge in [0.1, 0.15) is 60.9 Å². The molecular weight excluding hydrogens is 542 g/mol. The third-order valence-electron chi connectivity index (χ3n) is 7.34. The minimum atomic E-state index is -2.38. The Balaban J connectivity index is 1.96. The van der Waals surface area contributed by atoms with Gasteiger partial charge in [0.15, 0.2) is 36.4 Å². The number of hydrogen-bond donors (Lipinski definition) is 12. The maximum absolute atomic E-state index is 12.1. The number of aliphatic imine (C=N–C) groups is 2. The molecule has 0 spiro atoms. The van der Waals surface area contributed by atoms with E-state index >= 15 is 0 Å². The van der Waals surface area contributed by atoms with Gasteiger partial charge >= 0.3 is 0 Å². The summed E-state index contributed by atoms with van der Waals surface area (Å²) in [6.45, 7) is 0.620. The van der Waals surface area contributed by atoms with Gasteiger partial charge in [-0.2, -0.15) is 0 Å². The number of guanidine groups is 2. The summed E-state index contributed by atoms with van der Waals surface area (Å²) in [5, 5.41) is 76.6. The van der Waals surface area contributed by atoms with Crippen molar-refractivity contribution in [2.75, 3.05) is 13.7 Å². The van der Waals surface area contributed by atoms with Crippen molar-refractivity contribution in [3.8, 4) is 0 Å². The Morgan fingerprint density at radius 3 is 2.02 bits per heavy atom. The normalized spacial score (nSPS) is 47.4. The van der Waals surface area contributed by atoms with Crippen LogP contribution in [0.15, 0.2) is 9.98 Å². The fourth-order valence-corrected chi connectivity index (χ4v) is 5.08. The van der Waals surface area contributed by atoms with Crippen LogP contribution in [0.1, 0.15) is 6.92 Å². The number of likely N-dealkylation sites (N-methyl/N-ethyl adjacent to an activating group) is 1. The van der Waals surface area contributed by atoms with Crippen molar-refractivity contribution in [1.82, 2.24) is 5.32 Å². The van der Waals surface area contributed by atoms with Crippen LogP contribution >= 0.6 is 0 Å². The van der Waals surface area contributed by atoms with E-state index in [0.29, 0.717) is 0 Å². The quantitative estimate of drug-likeness (QED) is 0.0682. The Bertz CT molecular complexity index is 940. The summed E-state index contributed by atoms with van der Waals surface area (Å²) in [4.78, 5) is 19.7. The third kappa shape index (κ3) is 6.00. The van der Waals surface area contributed by atoms with Crippen LogP contribution in [0, 0.1) is 0 Å². The first-order chi connectivity index (χ1) is 18.7. The minimum Gasteiger partial charge on any atom is -0.394 e. The topological polar surface area (TPSA) is 336 Å². The van der Waals surface area contributed by atoms with Crippen LogP contribution in [0.2, 0.25) is 0 Å². The van der Waals surface area contributed by atoms with E-state index in [4.69, 9.17) is 41.9 Å². The molecule has 1 saturated carbocycles. The van der Waals surface area contributed by atoms with Crippen molar-refractivity contribution in [3.05, 3.63) is 0 Å². The zero-order valence-electron chi connectivity index (χ0n) is 21.7. The molecule has 2 aliphatic heterocycles. The number of aldehydes is 1. The average Bonchev–Trinajstić information content (AvgIpc) is 3.13. The number of rotatable bonds is 9. The van der Waals surface area contributed by atoms with Crippen LogP contribution in [0.25, 0.3) is 0 Å². The molecule has 0 bridgehead atoms. The molecule has 19 heteroatoms. The number of carbonyl (C=O) groups is 1. The lowest BCUT2D eigenvalue weighted by Crippen LogP contribution is -2.66. The predicted octanol–water partition coefficient (Wildman–Crippen LogP) is -8.16. The van der Waals surface area contributed by atoms with E-state index in [9.17, 15) is 40.5 Å². The van der Waals surface area contributed by atoms with Crippen LogP contribution in [0.5, 0.6) is 0 Å². The number of aliphatic hydroxyl groups is 7. The summed E-state index contributed by atoms with van der Waals surface area (Å²) in [5.41, 5.74) is 19.4. The van der Waals surface area contributed by atoms with Gasteiger partial charge in [0.25, 0.3) is 0 Å². The summed E-state index contributed by atoms with van der Waals surface area (Å²) in [6, 6.07) is -4.08. The third-order valence-corrected chi connectivity index (χ3v) is 7.34. The molecule has 15 atom stereocenters. The van der Waals surface area contributed by atoms with Crippen molar-refractivity contribution in [1.29, 1.82) is 0 Å². The molecule has 0 aromatic rings. The van der Waals surface area contributed by atoms with E-state index in [0.717, 1.165) is 0 Å². The number of hydrogen-bond acceptors (Lipinski definition) is 15. The number of nitrogens with zero attached hydrogens (tertiary/aromatic N) is 2. The fourth-order valence-electron chi connectivity index (χ4n) is 5.08. The number of nitrogens with two attached hydrogens (primary N) is 4. The molecule has 1 aliphatic carbocycles. The van der Waals surface area contributed by atoms with Crippen LogP contribution < -0.4 is 28.3 Å².